The van der Waals surface area contributed by atoms with Crippen LogP contribution in [0, 0.1) is 0 Å². The van der Waals surface area contributed by atoms with Crippen molar-refractivity contribution >= 4 is 33.7 Å². The lowest BCUT2D eigenvalue weighted by Gasteiger charge is -2.18. The summed E-state index contributed by atoms with van der Waals surface area (Å²) in [6.45, 7) is 4.82. The van der Waals surface area contributed by atoms with Gasteiger partial charge in [-0.2, -0.15) is 0 Å². The third-order valence-corrected chi connectivity index (χ3v) is 5.41. The van der Waals surface area contributed by atoms with Crippen molar-refractivity contribution in [3.63, 3.8) is 0 Å². The van der Waals surface area contributed by atoms with Crippen molar-refractivity contribution in [1.29, 1.82) is 0 Å². The Kier molecular flexibility index (Phi) is 6.10. The third-order valence-electron chi connectivity index (χ3n) is 5.41. The Labute approximate surface area is 187 Å². The average molecular weight is 432 g/mol. The summed E-state index contributed by atoms with van der Waals surface area (Å²) >= 11 is 0. The highest BCUT2D eigenvalue weighted by Gasteiger charge is 2.16. The fourth-order valence-electron chi connectivity index (χ4n) is 3.83. The number of nitrogens with one attached hydrogen (secondary N) is 2. The van der Waals surface area contributed by atoms with E-state index in [-0.39, 0.29) is 11.5 Å². The number of nitrogens with zero attached hydrogens (tertiary/aromatic N) is 2. The van der Waals surface area contributed by atoms with Crippen molar-refractivity contribution in [1.82, 2.24) is 15.0 Å². The Morgan fingerprint density at radius 3 is 2.66 bits per heavy atom. The number of hydrogen-bond donors (Lipinski definition) is 3. The maximum absolute atomic E-state index is 12.0. The zero-order valence-electron chi connectivity index (χ0n) is 18.7. The molecule has 0 fully saturated rings. The van der Waals surface area contributed by atoms with Gasteiger partial charge in [-0.15, -0.1) is 0 Å². The number of nitrogens with two attached hydrogens (primary N) is 1. The van der Waals surface area contributed by atoms with Crippen LogP contribution in [0.2, 0.25) is 0 Å². The van der Waals surface area contributed by atoms with Gasteiger partial charge in [-0.1, -0.05) is 36.4 Å². The fourth-order valence-corrected chi connectivity index (χ4v) is 3.83. The van der Waals surface area contributed by atoms with Crippen LogP contribution in [0.15, 0.2) is 48.5 Å². The van der Waals surface area contributed by atoms with Crippen molar-refractivity contribution in [2.45, 2.75) is 38.6 Å². The summed E-state index contributed by atoms with van der Waals surface area (Å²) in [5.41, 5.74) is 9.12. The normalized spacial score (nSPS) is 11.8. The van der Waals surface area contributed by atoms with E-state index in [0.29, 0.717) is 12.0 Å². The van der Waals surface area contributed by atoms with Crippen LogP contribution in [0.3, 0.4) is 0 Å². The number of fused-ring (bicyclic) bond motifs is 3. The summed E-state index contributed by atoms with van der Waals surface area (Å²) < 4.78 is 4.86. The molecule has 7 nitrogen and oxygen atoms in total. The number of rotatable bonds is 8. The van der Waals surface area contributed by atoms with Crippen LogP contribution in [0.5, 0.6) is 0 Å². The van der Waals surface area contributed by atoms with Gasteiger partial charge in [0, 0.05) is 29.4 Å². The number of hydrogen-bond acceptors (Lipinski definition) is 6. The summed E-state index contributed by atoms with van der Waals surface area (Å²) in [7, 11) is 1.38. The number of methoxy groups -OCH3 is 1. The molecule has 7 heteroatoms. The molecule has 0 bridgehead atoms. The average Bonchev–Trinajstić information content (AvgIpc) is 3.13. The minimum atomic E-state index is -0.371. The molecule has 0 saturated carbocycles. The molecule has 2 aromatic carbocycles. The van der Waals surface area contributed by atoms with Crippen molar-refractivity contribution in [2.75, 3.05) is 19.0 Å². The highest BCUT2D eigenvalue weighted by Crippen LogP contribution is 2.31. The number of esters is 1. The van der Waals surface area contributed by atoms with E-state index in [9.17, 15) is 4.79 Å². The molecule has 0 aliphatic carbocycles. The fraction of sp³-hybridized carbons (Fsp3) is 0.320. The molecule has 0 saturated heterocycles. The van der Waals surface area contributed by atoms with Crippen LogP contribution in [0.25, 0.3) is 21.9 Å². The van der Waals surface area contributed by atoms with E-state index in [0.717, 1.165) is 58.5 Å². The molecule has 4 N–H and O–H groups in total. The molecule has 0 radical (unpaired) electrons. The Bertz CT molecular complexity index is 1240. The van der Waals surface area contributed by atoms with Crippen molar-refractivity contribution in [3.05, 3.63) is 65.5 Å². The van der Waals surface area contributed by atoms with Gasteiger partial charge in [-0.25, -0.2) is 14.8 Å². The number of H-pyrrole nitrogens is 1. The lowest BCUT2D eigenvalue weighted by atomic mass is 10.0. The number of aromatic nitrogens is 3. The second-order valence-corrected chi connectivity index (χ2v) is 8.77. The summed E-state index contributed by atoms with van der Waals surface area (Å²) in [6, 6.07) is 15.6. The van der Waals surface area contributed by atoms with Crippen LogP contribution in [0.1, 0.15) is 48.4 Å². The molecular weight excluding hydrogens is 402 g/mol. The first-order valence-electron chi connectivity index (χ1n) is 10.8. The number of aromatic amines is 1. The summed E-state index contributed by atoms with van der Waals surface area (Å²) in [5.74, 6) is 1.14. The number of carbonyl (C=O) groups excluding carboxylic acids is 1. The predicted molar refractivity (Wildman–Crippen MR) is 128 cm³/mol. The van der Waals surface area contributed by atoms with E-state index >= 15 is 0 Å². The molecule has 32 heavy (non-hydrogen) atoms. The number of benzene rings is 2. The molecule has 0 amide bonds. The predicted octanol–water partition coefficient (Wildman–Crippen LogP) is 4.42. The van der Waals surface area contributed by atoms with Crippen LogP contribution in [0.4, 0.5) is 5.82 Å². The lowest BCUT2D eigenvalue weighted by Crippen LogP contribution is -2.32. The number of anilines is 1. The van der Waals surface area contributed by atoms with Gasteiger partial charge < -0.3 is 20.8 Å². The van der Waals surface area contributed by atoms with Gasteiger partial charge in [0.2, 0.25) is 0 Å². The van der Waals surface area contributed by atoms with Gasteiger partial charge in [0.05, 0.1) is 18.1 Å². The van der Waals surface area contributed by atoms with Gasteiger partial charge in [0.25, 0.3) is 0 Å². The van der Waals surface area contributed by atoms with Crippen molar-refractivity contribution < 1.29 is 9.53 Å². The quantitative estimate of drug-likeness (QED) is 0.282. The molecule has 0 spiro atoms. The topological polar surface area (TPSA) is 106 Å². The lowest BCUT2D eigenvalue weighted by molar-refractivity contribution is 0.0601. The Morgan fingerprint density at radius 1 is 1.16 bits per heavy atom. The largest absolute Gasteiger partial charge is 0.465 e. The van der Waals surface area contributed by atoms with Crippen LogP contribution >= 0.6 is 0 Å². The second-order valence-electron chi connectivity index (χ2n) is 8.77. The van der Waals surface area contributed by atoms with E-state index in [2.05, 4.69) is 22.4 Å². The SMILES string of the molecule is COC(=O)c1ccc2c(c1)[nH]c1nc(Cc3ccccc3)nc(NCCCC(C)(C)N)c12. The zero-order valence-corrected chi connectivity index (χ0v) is 18.7. The monoisotopic (exact) mass is 431 g/mol. The molecule has 4 rings (SSSR count). The van der Waals surface area contributed by atoms with E-state index in [1.807, 2.05) is 38.1 Å². The van der Waals surface area contributed by atoms with E-state index < -0.39 is 0 Å². The van der Waals surface area contributed by atoms with E-state index in [4.69, 9.17) is 20.4 Å². The highest BCUT2D eigenvalue weighted by molar-refractivity contribution is 6.12. The molecule has 0 atom stereocenters. The van der Waals surface area contributed by atoms with E-state index in [1.54, 1.807) is 12.1 Å². The van der Waals surface area contributed by atoms with Gasteiger partial charge >= 0.3 is 5.97 Å². The molecule has 0 aliphatic rings. The number of ether oxygens (including phenoxy) is 1. The Hall–Kier alpha value is -3.45. The first-order valence-corrected chi connectivity index (χ1v) is 10.8. The van der Waals surface area contributed by atoms with Gasteiger partial charge in [-0.05, 0) is 44.4 Å². The Morgan fingerprint density at radius 2 is 1.94 bits per heavy atom. The van der Waals surface area contributed by atoms with Gasteiger partial charge in [0.15, 0.2) is 0 Å². The summed E-state index contributed by atoms with van der Waals surface area (Å²) in [4.78, 5) is 25.0. The minimum absolute atomic E-state index is 0.202. The van der Waals surface area contributed by atoms with Crippen molar-refractivity contribution in [2.24, 2.45) is 5.73 Å². The summed E-state index contributed by atoms with van der Waals surface area (Å²) in [5, 5.41) is 5.37. The third kappa shape index (κ3) is 4.89. The van der Waals surface area contributed by atoms with Crippen LogP contribution < -0.4 is 11.1 Å². The zero-order chi connectivity index (χ0) is 22.7. The maximum atomic E-state index is 12.0. The summed E-state index contributed by atoms with van der Waals surface area (Å²) in [6.07, 6.45) is 2.46. The minimum Gasteiger partial charge on any atom is -0.465 e. The molecule has 2 aromatic heterocycles. The van der Waals surface area contributed by atoms with Gasteiger partial charge in [0.1, 0.15) is 17.3 Å². The molecular formula is C25H29N5O2. The standard InChI is InChI=1S/C25H29N5O2/c1-25(2,26)12-7-13-27-22-21-18-11-10-17(24(31)32-3)15-19(18)28-23(21)30-20(29-22)14-16-8-5-4-6-9-16/h4-6,8-11,15H,7,12-14,26H2,1-3H3,(H2,27,28,29,30). The smallest absolute Gasteiger partial charge is 0.337 e. The number of carbonyl (C=O) groups is 1. The first kappa shape index (κ1) is 21.8. The molecule has 166 valence electrons. The first-order chi connectivity index (χ1) is 15.3. The highest BCUT2D eigenvalue weighted by atomic mass is 16.5. The van der Waals surface area contributed by atoms with E-state index in [1.165, 1.54) is 7.11 Å². The second kappa shape index (κ2) is 8.96. The Balaban J connectivity index is 1.74. The molecule has 0 unspecified atom stereocenters. The van der Waals surface area contributed by atoms with Crippen LogP contribution in [-0.2, 0) is 11.2 Å². The maximum Gasteiger partial charge on any atom is 0.337 e. The molecule has 4 aromatic rings. The molecule has 2 heterocycles. The van der Waals surface area contributed by atoms with Crippen molar-refractivity contribution in [3.8, 4) is 0 Å². The molecule has 0 aliphatic heterocycles. The van der Waals surface area contributed by atoms with Crippen LogP contribution in [-0.4, -0.2) is 40.1 Å². The van der Waals surface area contributed by atoms with Gasteiger partial charge in [-0.3, -0.25) is 0 Å².